The normalized spacial score (nSPS) is 10.6. The van der Waals surface area contributed by atoms with Gasteiger partial charge in [0.05, 0.1) is 19.2 Å². The fourth-order valence-electron chi connectivity index (χ4n) is 2.35. The molecule has 23 heavy (non-hydrogen) atoms. The van der Waals surface area contributed by atoms with Gasteiger partial charge >= 0.3 is 0 Å². The second-order valence-electron chi connectivity index (χ2n) is 5.13. The lowest BCUT2D eigenvalue weighted by molar-refractivity contribution is 0.264. The molecule has 0 bridgehead atoms. The third-order valence-corrected chi connectivity index (χ3v) is 4.04. The summed E-state index contributed by atoms with van der Waals surface area (Å²) >= 11 is 5.27. The molecule has 0 aliphatic carbocycles. The van der Waals surface area contributed by atoms with Gasteiger partial charge in [-0.25, -0.2) is 0 Å². The van der Waals surface area contributed by atoms with Gasteiger partial charge in [0.1, 0.15) is 5.75 Å². The molecule has 2 aromatic rings. The summed E-state index contributed by atoms with van der Waals surface area (Å²) in [6.45, 7) is 1.05. The van der Waals surface area contributed by atoms with Crippen molar-refractivity contribution in [2.45, 2.75) is 13.0 Å². The van der Waals surface area contributed by atoms with E-state index in [0.717, 1.165) is 10.9 Å². The molecule has 0 saturated heterocycles. The Morgan fingerprint density at radius 3 is 2.87 bits per heavy atom. The van der Waals surface area contributed by atoms with E-state index >= 15 is 0 Å². The third-order valence-electron chi connectivity index (χ3n) is 3.58. The number of hydrogen-bond donors (Lipinski definition) is 3. The minimum absolute atomic E-state index is 0.0801. The first kappa shape index (κ1) is 17.2. The molecule has 0 aliphatic rings. The molecule has 0 fully saturated rings. The largest absolute Gasteiger partial charge is 0.497 e. The summed E-state index contributed by atoms with van der Waals surface area (Å²) in [5.41, 5.74) is 1.20. The van der Waals surface area contributed by atoms with Gasteiger partial charge in [-0.05, 0) is 42.2 Å². The number of benzene rings is 1. The average Bonchev–Trinajstić information content (AvgIpc) is 2.57. The Bertz CT molecular complexity index is 745. The van der Waals surface area contributed by atoms with Crippen LogP contribution >= 0.6 is 12.2 Å². The number of thiocarbonyl (C=S) groups is 1. The first-order chi connectivity index (χ1) is 11.1. The number of aromatic amines is 1. The number of aliphatic hydroxyl groups excluding tert-OH is 1. The van der Waals surface area contributed by atoms with Crippen molar-refractivity contribution >= 4 is 28.2 Å². The first-order valence-electron chi connectivity index (χ1n) is 7.36. The van der Waals surface area contributed by atoms with Crippen LogP contribution < -0.4 is 15.6 Å². The molecular formula is C16H21N3O3S. The fraction of sp³-hybridized carbons (Fsp3) is 0.375. The molecule has 3 N–H and O–H groups in total. The van der Waals surface area contributed by atoms with Crippen LogP contribution in [-0.4, -0.2) is 47.4 Å². The van der Waals surface area contributed by atoms with E-state index in [1.807, 2.05) is 23.1 Å². The quantitative estimate of drug-likeness (QED) is 0.689. The maximum absolute atomic E-state index is 12.3. The maximum atomic E-state index is 12.3. The standard InChI is InChI=1S/C16H21N3O3S/c1-17-16(23)19(6-3-7-20)10-12-8-11-4-5-13(22-2)9-14(11)18-15(12)21/h4-5,8-9,20H,3,6-7,10H2,1-2H3,(H,17,23)(H,18,21). The molecule has 1 aromatic heterocycles. The van der Waals surface area contributed by atoms with Crippen LogP contribution in [0.4, 0.5) is 0 Å². The lowest BCUT2D eigenvalue weighted by Gasteiger charge is -2.24. The molecule has 0 atom stereocenters. The van der Waals surface area contributed by atoms with E-state index in [0.29, 0.717) is 35.9 Å². The molecule has 7 heteroatoms. The second-order valence-corrected chi connectivity index (χ2v) is 5.52. The Morgan fingerprint density at radius 2 is 2.22 bits per heavy atom. The number of methoxy groups -OCH3 is 1. The van der Waals surface area contributed by atoms with Crippen LogP contribution in [0.25, 0.3) is 10.9 Å². The van der Waals surface area contributed by atoms with Gasteiger partial charge in [0.25, 0.3) is 5.56 Å². The molecule has 6 nitrogen and oxygen atoms in total. The van der Waals surface area contributed by atoms with Crippen molar-refractivity contribution in [2.75, 3.05) is 27.3 Å². The minimum Gasteiger partial charge on any atom is -0.497 e. The van der Waals surface area contributed by atoms with Crippen LogP contribution in [0.3, 0.4) is 0 Å². The Kier molecular flexibility index (Phi) is 5.95. The number of nitrogens with zero attached hydrogens (tertiary/aromatic N) is 1. The number of ether oxygens (including phenoxy) is 1. The van der Waals surface area contributed by atoms with Crippen molar-refractivity contribution in [3.05, 3.63) is 40.2 Å². The number of aromatic nitrogens is 1. The lowest BCUT2D eigenvalue weighted by Crippen LogP contribution is -2.39. The Morgan fingerprint density at radius 1 is 1.43 bits per heavy atom. The number of nitrogens with one attached hydrogen (secondary N) is 2. The van der Waals surface area contributed by atoms with E-state index in [2.05, 4.69) is 10.3 Å². The SMILES string of the molecule is CNC(=S)N(CCCO)Cc1cc2ccc(OC)cc2[nH]c1=O. The summed E-state index contributed by atoms with van der Waals surface area (Å²) < 4.78 is 5.17. The van der Waals surface area contributed by atoms with E-state index in [1.54, 1.807) is 20.2 Å². The zero-order valence-corrected chi connectivity index (χ0v) is 14.1. The molecule has 0 unspecified atom stereocenters. The van der Waals surface area contributed by atoms with Gasteiger partial charge in [-0.3, -0.25) is 4.79 Å². The Hall–Kier alpha value is -2.12. The molecule has 0 amide bonds. The van der Waals surface area contributed by atoms with E-state index in [4.69, 9.17) is 22.1 Å². The van der Waals surface area contributed by atoms with Gasteiger partial charge in [0, 0.05) is 31.8 Å². The highest BCUT2D eigenvalue weighted by atomic mass is 32.1. The second kappa shape index (κ2) is 7.94. The first-order valence-corrected chi connectivity index (χ1v) is 7.77. The number of H-pyrrole nitrogens is 1. The van der Waals surface area contributed by atoms with E-state index in [9.17, 15) is 4.79 Å². The summed E-state index contributed by atoms with van der Waals surface area (Å²) in [4.78, 5) is 17.1. The summed E-state index contributed by atoms with van der Waals surface area (Å²) in [5, 5.41) is 13.4. The highest BCUT2D eigenvalue weighted by Crippen LogP contribution is 2.19. The van der Waals surface area contributed by atoms with Crippen LogP contribution in [0.1, 0.15) is 12.0 Å². The summed E-state index contributed by atoms with van der Waals surface area (Å²) in [6, 6.07) is 7.41. The van der Waals surface area contributed by atoms with Crippen LogP contribution in [0.15, 0.2) is 29.1 Å². The number of pyridine rings is 1. The number of aliphatic hydroxyl groups is 1. The molecule has 1 aromatic carbocycles. The predicted molar refractivity (Wildman–Crippen MR) is 94.9 cm³/mol. The predicted octanol–water partition coefficient (Wildman–Crippen LogP) is 1.23. The average molecular weight is 335 g/mol. The van der Waals surface area contributed by atoms with Crippen molar-refractivity contribution in [3.63, 3.8) is 0 Å². The van der Waals surface area contributed by atoms with Crippen LogP contribution in [-0.2, 0) is 6.54 Å². The molecule has 0 radical (unpaired) electrons. The van der Waals surface area contributed by atoms with Gasteiger partial charge in [-0.1, -0.05) is 0 Å². The Balaban J connectivity index is 2.32. The molecule has 0 saturated carbocycles. The van der Waals surface area contributed by atoms with Crippen molar-refractivity contribution in [3.8, 4) is 5.75 Å². The number of hydrogen-bond acceptors (Lipinski definition) is 4. The van der Waals surface area contributed by atoms with Crippen LogP contribution in [0.2, 0.25) is 0 Å². The molecular weight excluding hydrogens is 314 g/mol. The smallest absolute Gasteiger partial charge is 0.253 e. The maximum Gasteiger partial charge on any atom is 0.253 e. The number of rotatable bonds is 6. The van der Waals surface area contributed by atoms with Gasteiger partial charge in [0.15, 0.2) is 5.11 Å². The topological polar surface area (TPSA) is 77.6 Å². The van der Waals surface area contributed by atoms with Crippen molar-refractivity contribution in [2.24, 2.45) is 0 Å². The summed E-state index contributed by atoms with van der Waals surface area (Å²) in [5.74, 6) is 0.696. The van der Waals surface area contributed by atoms with Gasteiger partial charge in [-0.2, -0.15) is 0 Å². The monoisotopic (exact) mass is 335 g/mol. The van der Waals surface area contributed by atoms with E-state index < -0.39 is 0 Å². The van der Waals surface area contributed by atoms with Gasteiger partial charge in [0.2, 0.25) is 0 Å². The zero-order chi connectivity index (χ0) is 16.8. The highest BCUT2D eigenvalue weighted by molar-refractivity contribution is 7.80. The highest BCUT2D eigenvalue weighted by Gasteiger charge is 2.12. The van der Waals surface area contributed by atoms with Gasteiger partial charge < -0.3 is 25.0 Å². The summed E-state index contributed by atoms with van der Waals surface area (Å²) in [6.07, 6.45) is 0.588. The third kappa shape index (κ3) is 4.20. The van der Waals surface area contributed by atoms with E-state index in [1.165, 1.54) is 0 Å². The zero-order valence-electron chi connectivity index (χ0n) is 13.3. The lowest BCUT2D eigenvalue weighted by atomic mass is 10.1. The minimum atomic E-state index is -0.154. The van der Waals surface area contributed by atoms with Crippen LogP contribution in [0, 0.1) is 0 Å². The van der Waals surface area contributed by atoms with Crippen LogP contribution in [0.5, 0.6) is 5.75 Å². The van der Waals surface area contributed by atoms with Crippen molar-refractivity contribution in [1.29, 1.82) is 0 Å². The molecule has 1 heterocycles. The van der Waals surface area contributed by atoms with Gasteiger partial charge in [-0.15, -0.1) is 0 Å². The van der Waals surface area contributed by atoms with Crippen molar-refractivity contribution in [1.82, 2.24) is 15.2 Å². The van der Waals surface area contributed by atoms with E-state index in [-0.39, 0.29) is 12.2 Å². The Labute approximate surface area is 140 Å². The molecule has 0 spiro atoms. The summed E-state index contributed by atoms with van der Waals surface area (Å²) in [7, 11) is 3.33. The fourth-order valence-corrected chi connectivity index (χ4v) is 2.50. The molecule has 124 valence electrons. The van der Waals surface area contributed by atoms with Crippen molar-refractivity contribution < 1.29 is 9.84 Å². The molecule has 0 aliphatic heterocycles. The molecule has 2 rings (SSSR count). The number of fused-ring (bicyclic) bond motifs is 1.